The fourth-order valence-corrected chi connectivity index (χ4v) is 3.27. The maximum absolute atomic E-state index is 12.2. The topological polar surface area (TPSA) is 41.1 Å². The van der Waals surface area contributed by atoms with Crippen LogP contribution >= 0.6 is 28.3 Å². The molecule has 124 valence electrons. The van der Waals surface area contributed by atoms with Crippen LogP contribution in [-0.2, 0) is 4.79 Å². The van der Waals surface area contributed by atoms with E-state index in [1.54, 1.807) is 0 Å². The van der Waals surface area contributed by atoms with Crippen LogP contribution in [0.3, 0.4) is 0 Å². The smallest absolute Gasteiger partial charge is 0.220 e. The Bertz CT molecular complexity index is 460. The third kappa shape index (κ3) is 5.90. The van der Waals surface area contributed by atoms with Crippen LogP contribution in [0.5, 0.6) is 0 Å². The molecule has 1 aromatic carbocycles. The van der Waals surface area contributed by atoms with Gasteiger partial charge in [-0.05, 0) is 62.4 Å². The third-order valence-electron chi connectivity index (χ3n) is 4.44. The highest BCUT2D eigenvalue weighted by atomic mass is 79.9. The van der Waals surface area contributed by atoms with Gasteiger partial charge in [0.1, 0.15) is 0 Å². The van der Waals surface area contributed by atoms with Crippen LogP contribution < -0.4 is 10.6 Å². The lowest BCUT2D eigenvalue weighted by Gasteiger charge is -2.28. The summed E-state index contributed by atoms with van der Waals surface area (Å²) in [7, 11) is 0. The summed E-state index contributed by atoms with van der Waals surface area (Å²) < 4.78 is 1.06. The molecule has 2 rings (SSSR count). The number of hydrogen-bond acceptors (Lipinski definition) is 2. The zero-order valence-electron chi connectivity index (χ0n) is 13.3. The molecule has 1 saturated heterocycles. The first-order chi connectivity index (χ1) is 10.1. The summed E-state index contributed by atoms with van der Waals surface area (Å²) in [6, 6.07) is 8.17. The second-order valence-corrected chi connectivity index (χ2v) is 7.03. The molecule has 1 amide bonds. The zero-order valence-corrected chi connectivity index (χ0v) is 15.7. The summed E-state index contributed by atoms with van der Waals surface area (Å²) in [5, 5.41) is 6.49. The van der Waals surface area contributed by atoms with Crippen molar-refractivity contribution >= 4 is 34.2 Å². The number of hydrogen-bond donors (Lipinski definition) is 2. The van der Waals surface area contributed by atoms with Gasteiger partial charge in [-0.3, -0.25) is 4.79 Å². The van der Waals surface area contributed by atoms with Crippen LogP contribution in [0.1, 0.15) is 44.7 Å². The van der Waals surface area contributed by atoms with Gasteiger partial charge >= 0.3 is 0 Å². The monoisotopic (exact) mass is 388 g/mol. The minimum Gasteiger partial charge on any atom is -0.350 e. The molecule has 2 N–H and O–H groups in total. The molecular formula is C17H26BrClN2O. The highest BCUT2D eigenvalue weighted by molar-refractivity contribution is 9.10. The molecule has 1 aliphatic rings. The van der Waals surface area contributed by atoms with Gasteiger partial charge in [0.15, 0.2) is 0 Å². The molecule has 0 aromatic heterocycles. The molecule has 0 saturated carbocycles. The van der Waals surface area contributed by atoms with Gasteiger partial charge in [-0.25, -0.2) is 0 Å². The van der Waals surface area contributed by atoms with E-state index in [1.807, 2.05) is 31.2 Å². The van der Waals surface area contributed by atoms with E-state index in [-0.39, 0.29) is 24.4 Å². The van der Waals surface area contributed by atoms with E-state index >= 15 is 0 Å². The molecule has 5 heteroatoms. The highest BCUT2D eigenvalue weighted by Gasteiger charge is 2.22. The molecule has 2 atom stereocenters. The number of carbonyl (C=O) groups excluding carboxylic acids is 1. The predicted octanol–water partition coefficient (Wildman–Crippen LogP) is 4.07. The Labute approximate surface area is 148 Å². The fraction of sp³-hybridized carbons (Fsp3) is 0.588. The standard InChI is InChI=1S/C17H25BrN2O.ClH/c1-12(14-7-9-19-10-8-14)11-17(21)20-13(2)15-3-5-16(18)6-4-15;/h3-6,12-14,19H,7-11H2,1-2H3,(H,20,21);1H. The molecule has 1 heterocycles. The second kappa shape index (κ2) is 9.53. The van der Waals surface area contributed by atoms with Crippen LogP contribution in [0.25, 0.3) is 0 Å². The SMILES string of the molecule is CC(NC(=O)CC(C)C1CCNCC1)c1ccc(Br)cc1.Cl. The lowest BCUT2D eigenvalue weighted by atomic mass is 9.84. The number of carbonyl (C=O) groups is 1. The maximum Gasteiger partial charge on any atom is 0.220 e. The van der Waals surface area contributed by atoms with Crippen molar-refractivity contribution in [1.82, 2.24) is 10.6 Å². The highest BCUT2D eigenvalue weighted by Crippen LogP contribution is 2.24. The predicted molar refractivity (Wildman–Crippen MR) is 97.3 cm³/mol. The van der Waals surface area contributed by atoms with Gasteiger partial charge in [-0.15, -0.1) is 12.4 Å². The van der Waals surface area contributed by atoms with Crippen molar-refractivity contribution in [2.24, 2.45) is 11.8 Å². The Kier molecular flexibility index (Phi) is 8.44. The first kappa shape index (κ1) is 19.5. The first-order valence-corrected chi connectivity index (χ1v) is 8.61. The Balaban J connectivity index is 0.00000242. The first-order valence-electron chi connectivity index (χ1n) is 7.82. The zero-order chi connectivity index (χ0) is 15.2. The minimum absolute atomic E-state index is 0. The molecule has 0 radical (unpaired) electrons. The molecule has 1 aliphatic heterocycles. The Morgan fingerprint density at radius 2 is 1.86 bits per heavy atom. The molecule has 2 unspecified atom stereocenters. The average molecular weight is 390 g/mol. The normalized spacial score (nSPS) is 18.1. The average Bonchev–Trinajstić information content (AvgIpc) is 2.48. The lowest BCUT2D eigenvalue weighted by molar-refractivity contribution is -0.123. The van der Waals surface area contributed by atoms with E-state index in [4.69, 9.17) is 0 Å². The van der Waals surface area contributed by atoms with Crippen molar-refractivity contribution in [3.05, 3.63) is 34.3 Å². The van der Waals surface area contributed by atoms with Crippen molar-refractivity contribution < 1.29 is 4.79 Å². The van der Waals surface area contributed by atoms with Crippen molar-refractivity contribution in [3.63, 3.8) is 0 Å². The van der Waals surface area contributed by atoms with Crippen molar-refractivity contribution in [1.29, 1.82) is 0 Å². The van der Waals surface area contributed by atoms with Gasteiger partial charge < -0.3 is 10.6 Å². The summed E-state index contributed by atoms with van der Waals surface area (Å²) in [5.41, 5.74) is 1.14. The molecule has 0 bridgehead atoms. The van der Waals surface area contributed by atoms with Gasteiger partial charge in [0.2, 0.25) is 5.91 Å². The van der Waals surface area contributed by atoms with Gasteiger partial charge in [0.05, 0.1) is 6.04 Å². The number of nitrogens with one attached hydrogen (secondary N) is 2. The van der Waals surface area contributed by atoms with E-state index < -0.39 is 0 Å². The number of piperidine rings is 1. The second-order valence-electron chi connectivity index (χ2n) is 6.11. The van der Waals surface area contributed by atoms with E-state index in [9.17, 15) is 4.79 Å². The minimum atomic E-state index is 0. The van der Waals surface area contributed by atoms with Crippen molar-refractivity contribution in [2.75, 3.05) is 13.1 Å². The van der Waals surface area contributed by atoms with Crippen LogP contribution in [0.15, 0.2) is 28.7 Å². The number of rotatable bonds is 5. The quantitative estimate of drug-likeness (QED) is 0.797. The summed E-state index contributed by atoms with van der Waals surface area (Å²) in [6.45, 7) is 6.42. The van der Waals surface area contributed by atoms with E-state index in [2.05, 4.69) is 33.5 Å². The summed E-state index contributed by atoms with van der Waals surface area (Å²) in [4.78, 5) is 12.2. The molecule has 0 spiro atoms. The fourth-order valence-electron chi connectivity index (χ4n) is 3.01. The molecule has 0 aliphatic carbocycles. The molecule has 1 aromatic rings. The van der Waals surface area contributed by atoms with Gasteiger partial charge in [0, 0.05) is 10.9 Å². The molecule has 22 heavy (non-hydrogen) atoms. The van der Waals surface area contributed by atoms with E-state index in [0.29, 0.717) is 18.3 Å². The van der Waals surface area contributed by atoms with Crippen molar-refractivity contribution in [2.45, 2.75) is 39.2 Å². The number of amides is 1. The number of benzene rings is 1. The lowest BCUT2D eigenvalue weighted by Crippen LogP contribution is -2.34. The maximum atomic E-state index is 12.2. The summed E-state index contributed by atoms with van der Waals surface area (Å²) >= 11 is 3.43. The number of halogens is 2. The van der Waals surface area contributed by atoms with Crippen LogP contribution in [0, 0.1) is 11.8 Å². The van der Waals surface area contributed by atoms with E-state index in [0.717, 1.165) is 23.1 Å². The van der Waals surface area contributed by atoms with Crippen LogP contribution in [-0.4, -0.2) is 19.0 Å². The van der Waals surface area contributed by atoms with Gasteiger partial charge in [-0.1, -0.05) is 35.0 Å². The Morgan fingerprint density at radius 3 is 2.45 bits per heavy atom. The Hall–Kier alpha value is -0.580. The summed E-state index contributed by atoms with van der Waals surface area (Å²) in [6.07, 6.45) is 3.01. The van der Waals surface area contributed by atoms with Crippen LogP contribution in [0.4, 0.5) is 0 Å². The molecule has 1 fully saturated rings. The van der Waals surface area contributed by atoms with Crippen molar-refractivity contribution in [3.8, 4) is 0 Å². The Morgan fingerprint density at radius 1 is 1.27 bits per heavy atom. The molecule has 3 nitrogen and oxygen atoms in total. The third-order valence-corrected chi connectivity index (χ3v) is 4.97. The molecular weight excluding hydrogens is 364 g/mol. The van der Waals surface area contributed by atoms with Gasteiger partial charge in [0.25, 0.3) is 0 Å². The summed E-state index contributed by atoms with van der Waals surface area (Å²) in [5.74, 6) is 1.31. The largest absolute Gasteiger partial charge is 0.350 e. The van der Waals surface area contributed by atoms with E-state index in [1.165, 1.54) is 12.8 Å². The van der Waals surface area contributed by atoms with Crippen LogP contribution in [0.2, 0.25) is 0 Å². The van der Waals surface area contributed by atoms with Gasteiger partial charge in [-0.2, -0.15) is 0 Å².